The van der Waals surface area contributed by atoms with Crippen LogP contribution in [-0.2, 0) is 34.9 Å². The number of ether oxygens (including phenoxy) is 3. The molecular formula is C47H52F3N14O10PS. The van der Waals surface area contributed by atoms with Crippen molar-refractivity contribution in [2.45, 2.75) is 101 Å². The summed E-state index contributed by atoms with van der Waals surface area (Å²) in [5.74, 6) is -0.318. The van der Waals surface area contributed by atoms with E-state index < -0.39 is 86.8 Å². The second-order valence-corrected chi connectivity index (χ2v) is 20.8. The van der Waals surface area contributed by atoms with Crippen molar-refractivity contribution in [3.05, 3.63) is 92.2 Å². The van der Waals surface area contributed by atoms with Crippen molar-refractivity contribution in [2.24, 2.45) is 5.92 Å². The predicted octanol–water partition coefficient (Wildman–Crippen LogP) is 4.69. The Morgan fingerprint density at radius 3 is 2.18 bits per heavy atom. The number of nitrogens with zero attached hydrogens (tertiary/aromatic N) is 14. The summed E-state index contributed by atoms with van der Waals surface area (Å²) in [5.41, 5.74) is 3.08. The standard InChI is InChI=1S/C33H35F2N10O7PS.C14H17FN4O3/c1-4-20-27(23(35)33(50-20)45-17-42-25-28(38-15-40-30(25)45)43(3)31(47)19-9-6-5-7-10-19)52-53(54,48-12-8-11-36)49-13-21-26(46)22(34)32(51-21)44-16-41-24-18(2)37-14-39-29(24)44;1-2-3-22-14-11-13(16-6-17-14)19(7-18-11)9-4-8(5-20)12(21)10(9)15/h5-7,9-10,14-17,20-23,26-27,32-33,46H,4,8,12-13H2,1-3H3;2,6-10,12,20-21H,1,3-5H2/t20-,21-,22-,23-,26-,27-,32-,33-,53?;8-,9?,10+,12-/m11/s1. The molecule has 0 spiro atoms. The van der Waals surface area contributed by atoms with Crippen LogP contribution in [0.2, 0.25) is 0 Å². The molecule has 6 aromatic heterocycles. The van der Waals surface area contributed by atoms with Gasteiger partial charge in [-0.15, -0.1) is 0 Å². The number of aryl methyl sites for hydroxylation is 1. The maximum atomic E-state index is 16.6. The van der Waals surface area contributed by atoms with Crippen molar-refractivity contribution in [1.82, 2.24) is 58.6 Å². The number of benzene rings is 1. The Kier molecular flexibility index (Phi) is 16.7. The first-order valence-electron chi connectivity index (χ1n) is 23.9. The number of aliphatic hydroxyl groups excluding tert-OH is 3. The van der Waals surface area contributed by atoms with E-state index in [2.05, 4.69) is 51.4 Å². The zero-order chi connectivity index (χ0) is 53.8. The quantitative estimate of drug-likeness (QED) is 0.0596. The number of carbonyl (C=O) groups is 1. The number of aromatic nitrogens is 12. The average Bonchev–Trinajstić information content (AvgIpc) is 4.31. The van der Waals surface area contributed by atoms with Crippen LogP contribution in [0.4, 0.5) is 19.0 Å². The molecule has 7 aromatic rings. The maximum absolute atomic E-state index is 16.6. The van der Waals surface area contributed by atoms with Gasteiger partial charge in [0, 0.05) is 25.1 Å². The van der Waals surface area contributed by atoms with E-state index >= 15 is 8.78 Å². The van der Waals surface area contributed by atoms with E-state index in [9.17, 15) is 24.5 Å². The van der Waals surface area contributed by atoms with Gasteiger partial charge in [0.25, 0.3) is 5.91 Å². The topological polar surface area (TPSA) is 291 Å². The van der Waals surface area contributed by atoms with Gasteiger partial charge in [-0.25, -0.2) is 53.0 Å². The third-order valence-corrected chi connectivity index (χ3v) is 15.5. The Morgan fingerprint density at radius 1 is 0.868 bits per heavy atom. The Balaban J connectivity index is 0.000000266. The number of halogens is 3. The number of imidazole rings is 3. The summed E-state index contributed by atoms with van der Waals surface area (Å²) in [6.45, 7) is 2.48. The van der Waals surface area contributed by atoms with Gasteiger partial charge in [0.1, 0.15) is 55.6 Å². The second kappa shape index (κ2) is 23.4. The van der Waals surface area contributed by atoms with Crippen LogP contribution in [-0.4, -0.2) is 162 Å². The number of anilines is 1. The minimum Gasteiger partial charge on any atom is -0.472 e. The molecule has 3 N–H and O–H groups in total. The number of nitriles is 1. The van der Waals surface area contributed by atoms with Crippen molar-refractivity contribution < 1.29 is 61.1 Å². The molecule has 0 radical (unpaired) electrons. The third-order valence-electron chi connectivity index (χ3n) is 13.1. The maximum Gasteiger partial charge on any atom is 0.327 e. The highest BCUT2D eigenvalue weighted by molar-refractivity contribution is 8.07. The van der Waals surface area contributed by atoms with Crippen molar-refractivity contribution in [3.63, 3.8) is 0 Å². The van der Waals surface area contributed by atoms with Crippen LogP contribution < -0.4 is 9.64 Å². The smallest absolute Gasteiger partial charge is 0.327 e. The van der Waals surface area contributed by atoms with E-state index in [1.165, 1.54) is 52.0 Å². The van der Waals surface area contributed by atoms with Gasteiger partial charge in [-0.1, -0.05) is 37.8 Å². The molecule has 1 aliphatic carbocycles. The molecular weight excluding hydrogens is 1040 g/mol. The van der Waals surface area contributed by atoms with Crippen molar-refractivity contribution in [3.8, 4) is 11.9 Å². The molecule has 2 saturated heterocycles. The van der Waals surface area contributed by atoms with E-state index in [1.807, 2.05) is 6.07 Å². The molecule has 10 rings (SSSR count). The van der Waals surface area contributed by atoms with Gasteiger partial charge in [-0.05, 0) is 43.7 Å². The largest absolute Gasteiger partial charge is 0.472 e. The van der Waals surface area contributed by atoms with E-state index in [0.717, 1.165) is 0 Å². The molecule has 76 heavy (non-hydrogen) atoms. The first-order chi connectivity index (χ1) is 36.7. The van der Waals surface area contributed by atoms with Crippen LogP contribution in [0, 0.1) is 24.2 Å². The summed E-state index contributed by atoms with van der Waals surface area (Å²) < 4.78 is 86.0. The van der Waals surface area contributed by atoms with Crippen molar-refractivity contribution in [2.75, 3.05) is 38.4 Å². The number of fused-ring (bicyclic) bond motifs is 3. The minimum absolute atomic E-state index is 0.0817. The van der Waals surface area contributed by atoms with E-state index in [1.54, 1.807) is 61.9 Å². The van der Waals surface area contributed by atoms with Crippen LogP contribution in [0.5, 0.6) is 5.88 Å². The highest BCUT2D eigenvalue weighted by Gasteiger charge is 2.51. The summed E-state index contributed by atoms with van der Waals surface area (Å²) in [7, 11) is 1.55. The molecule has 29 heteroatoms. The molecule has 1 saturated carbocycles. The molecule has 0 bridgehead atoms. The lowest BCUT2D eigenvalue weighted by Gasteiger charge is -2.28. The summed E-state index contributed by atoms with van der Waals surface area (Å²) in [5, 5.41) is 39.0. The second-order valence-electron chi connectivity index (χ2n) is 17.8. The summed E-state index contributed by atoms with van der Waals surface area (Å²) in [4.78, 5) is 52.4. The van der Waals surface area contributed by atoms with Gasteiger partial charge in [-0.2, -0.15) is 10.2 Å². The molecule has 2 aliphatic heterocycles. The van der Waals surface area contributed by atoms with Crippen molar-refractivity contribution in [1.29, 1.82) is 5.26 Å². The molecule has 2 unspecified atom stereocenters. The molecule has 1 amide bonds. The van der Waals surface area contributed by atoms with Gasteiger partial charge in [0.15, 0.2) is 58.6 Å². The third kappa shape index (κ3) is 10.6. The van der Waals surface area contributed by atoms with Gasteiger partial charge in [-0.3, -0.25) is 23.4 Å². The number of aliphatic hydroxyl groups is 3. The number of carbonyl (C=O) groups excluding carboxylic acids is 1. The number of hydrogen-bond acceptors (Lipinski definition) is 21. The molecule has 1 aromatic carbocycles. The summed E-state index contributed by atoms with van der Waals surface area (Å²) in [6, 6.07) is 9.95. The number of rotatable bonds is 18. The SMILES string of the molecule is C=CCOc1ncnc2c1ncn2C1C[C@H](CO)[C@@H](O)[C@H]1F.CC[C@H]1O[C@@H](n2cnc3c(N(C)C(=O)c4ccccc4)ncnc32)[C@H](F)[C@@H]1OP(=S)(OCCC#N)OC[C@H]1O[C@@H](n2cnc3c(C)ncnc32)[C@H](F)[C@@H]1O. The monoisotopic (exact) mass is 1090 g/mol. The lowest BCUT2D eigenvalue weighted by molar-refractivity contribution is -0.0486. The van der Waals surface area contributed by atoms with Gasteiger partial charge >= 0.3 is 6.72 Å². The van der Waals surface area contributed by atoms with E-state index in [4.69, 9.17) is 44.9 Å². The van der Waals surface area contributed by atoms with Crippen LogP contribution in [0.15, 0.2) is 81.0 Å². The van der Waals surface area contributed by atoms with Gasteiger partial charge < -0.3 is 43.1 Å². The van der Waals surface area contributed by atoms with Crippen molar-refractivity contribution >= 4 is 63.7 Å². The normalized spacial score (nSPS) is 27.1. The first-order valence-corrected chi connectivity index (χ1v) is 26.5. The zero-order valence-electron chi connectivity index (χ0n) is 41.0. The van der Waals surface area contributed by atoms with Gasteiger partial charge in [0.05, 0.1) is 68.6 Å². The highest BCUT2D eigenvalue weighted by Crippen LogP contribution is 2.55. The predicted molar refractivity (Wildman–Crippen MR) is 266 cm³/mol. The fourth-order valence-corrected chi connectivity index (χ4v) is 11.3. The Hall–Kier alpha value is -6.51. The average molecular weight is 1090 g/mol. The Morgan fingerprint density at radius 2 is 1.50 bits per heavy atom. The molecule has 3 fully saturated rings. The lowest BCUT2D eigenvalue weighted by Crippen LogP contribution is -2.33. The van der Waals surface area contributed by atoms with Crippen LogP contribution >= 0.6 is 6.72 Å². The number of alkyl halides is 3. The fraction of sp³-hybridized carbons (Fsp3) is 0.468. The van der Waals surface area contributed by atoms with E-state index in [-0.39, 0.29) is 55.6 Å². The molecule has 13 atom stereocenters. The molecule has 24 nitrogen and oxygen atoms in total. The van der Waals surface area contributed by atoms with Crippen LogP contribution in [0.25, 0.3) is 33.5 Å². The highest BCUT2D eigenvalue weighted by atomic mass is 32.5. The number of amides is 1. The fourth-order valence-electron chi connectivity index (χ4n) is 9.18. The van der Waals surface area contributed by atoms with Crippen LogP contribution in [0.1, 0.15) is 60.7 Å². The van der Waals surface area contributed by atoms with Gasteiger partial charge in [0.2, 0.25) is 5.88 Å². The first kappa shape index (κ1) is 54.3. The van der Waals surface area contributed by atoms with Crippen LogP contribution in [0.3, 0.4) is 0 Å². The summed E-state index contributed by atoms with van der Waals surface area (Å²) in [6.07, 6.45) is -4.00. The molecule has 8 heterocycles. The zero-order valence-corrected chi connectivity index (χ0v) is 42.7. The lowest BCUT2D eigenvalue weighted by atomic mass is 10.1. The minimum atomic E-state index is -3.91. The summed E-state index contributed by atoms with van der Waals surface area (Å²) >= 11 is 5.69. The Bertz CT molecular complexity index is 3270. The Labute approximate surface area is 436 Å². The molecule has 402 valence electrons. The number of hydrogen-bond donors (Lipinski definition) is 3. The molecule has 3 aliphatic rings. The van der Waals surface area contributed by atoms with E-state index in [0.29, 0.717) is 45.9 Å².